The number of benzene rings is 1. The average Bonchev–Trinajstić information content (AvgIpc) is 3.24. The van der Waals surface area contributed by atoms with E-state index in [-0.39, 0.29) is 23.6 Å². The summed E-state index contributed by atoms with van der Waals surface area (Å²) in [5.41, 5.74) is 2.96. The number of methoxy groups -OCH3 is 1. The lowest BCUT2D eigenvalue weighted by Crippen LogP contribution is -2.38. The number of anilines is 3. The molecule has 2 unspecified atom stereocenters. The first kappa shape index (κ1) is 24.4. The number of aromatic nitrogens is 2. The fourth-order valence-corrected chi connectivity index (χ4v) is 5.10. The minimum Gasteiger partial charge on any atom is -0.486 e. The van der Waals surface area contributed by atoms with Crippen molar-refractivity contribution in [3.05, 3.63) is 51.5 Å². The number of hydrogen-bond donors (Lipinski definition) is 2. The molecule has 1 fully saturated rings. The predicted octanol–water partition coefficient (Wildman–Crippen LogP) is 4.16. The molecular weight excluding hydrogens is 482 g/mol. The number of amides is 1. The fourth-order valence-electron chi connectivity index (χ4n) is 4.95. The Bertz CT molecular complexity index is 1370. The van der Waals surface area contributed by atoms with Crippen LogP contribution in [0, 0.1) is 0 Å². The second-order valence-corrected chi connectivity index (χ2v) is 9.81. The van der Waals surface area contributed by atoms with Crippen LogP contribution in [0.4, 0.5) is 17.1 Å². The standard InChI is InChI=1S/C26H30ClN5O4/c1-15-8-10-36-24-23(29-15)18-11-16(6-7-22(18)31(2)26(24)34)30-20-12-21(28-13-19(20)27)25(33)32-9-4-5-17(32)14-35-3/h6-7,11-13,15,17,29H,4-5,8-10,14H2,1-3H3,(H,28,30). The molecule has 10 heteroatoms. The molecule has 0 bridgehead atoms. The molecule has 0 radical (unpaired) electrons. The van der Waals surface area contributed by atoms with Gasteiger partial charge in [0.2, 0.25) is 5.75 Å². The number of fused-ring (bicyclic) bond motifs is 3. The smallest absolute Gasteiger partial charge is 0.295 e. The summed E-state index contributed by atoms with van der Waals surface area (Å²) in [6.45, 7) is 3.73. The normalized spacial score (nSPS) is 19.4. The zero-order chi connectivity index (χ0) is 25.4. The Balaban J connectivity index is 1.49. The van der Waals surface area contributed by atoms with Crippen LogP contribution < -0.4 is 20.9 Å². The summed E-state index contributed by atoms with van der Waals surface area (Å²) in [4.78, 5) is 32.2. The number of carbonyl (C=O) groups is 1. The molecule has 0 aliphatic carbocycles. The van der Waals surface area contributed by atoms with Gasteiger partial charge in [-0.25, -0.2) is 4.98 Å². The van der Waals surface area contributed by atoms with Crippen molar-refractivity contribution in [2.24, 2.45) is 7.05 Å². The van der Waals surface area contributed by atoms with E-state index in [2.05, 4.69) is 22.5 Å². The minimum atomic E-state index is -0.172. The summed E-state index contributed by atoms with van der Waals surface area (Å²) in [5, 5.41) is 8.03. The van der Waals surface area contributed by atoms with Crippen LogP contribution >= 0.6 is 11.6 Å². The van der Waals surface area contributed by atoms with Crippen molar-refractivity contribution in [3.63, 3.8) is 0 Å². The molecule has 4 heterocycles. The molecule has 1 aromatic carbocycles. The van der Waals surface area contributed by atoms with Gasteiger partial charge in [-0.05, 0) is 44.0 Å². The lowest BCUT2D eigenvalue weighted by molar-refractivity contribution is 0.0625. The molecule has 2 aliphatic heterocycles. The van der Waals surface area contributed by atoms with Gasteiger partial charge in [0.05, 0.1) is 41.2 Å². The third kappa shape index (κ3) is 4.49. The van der Waals surface area contributed by atoms with E-state index in [0.717, 1.165) is 35.9 Å². The van der Waals surface area contributed by atoms with E-state index in [9.17, 15) is 9.59 Å². The lowest BCUT2D eigenvalue weighted by Gasteiger charge is -2.24. The predicted molar refractivity (Wildman–Crippen MR) is 141 cm³/mol. The molecule has 2 aromatic heterocycles. The Labute approximate surface area is 214 Å². The number of ether oxygens (including phenoxy) is 2. The van der Waals surface area contributed by atoms with Crippen LogP contribution in [0.5, 0.6) is 5.75 Å². The maximum absolute atomic E-state index is 13.2. The van der Waals surface area contributed by atoms with Gasteiger partial charge < -0.3 is 29.6 Å². The van der Waals surface area contributed by atoms with E-state index < -0.39 is 0 Å². The topological polar surface area (TPSA) is 97.7 Å². The number of carbonyl (C=O) groups excluding carboxylic acids is 1. The van der Waals surface area contributed by atoms with Crippen molar-refractivity contribution in [3.8, 4) is 5.75 Å². The van der Waals surface area contributed by atoms with Crippen molar-refractivity contribution >= 4 is 45.5 Å². The number of nitrogens with one attached hydrogen (secondary N) is 2. The Morgan fingerprint density at radius 3 is 2.97 bits per heavy atom. The van der Waals surface area contributed by atoms with Crippen LogP contribution in [-0.4, -0.2) is 59.3 Å². The highest BCUT2D eigenvalue weighted by atomic mass is 35.5. The van der Waals surface area contributed by atoms with Crippen LogP contribution in [0.2, 0.25) is 5.02 Å². The molecule has 3 aromatic rings. The van der Waals surface area contributed by atoms with Gasteiger partial charge in [-0.15, -0.1) is 0 Å². The van der Waals surface area contributed by atoms with Crippen molar-refractivity contribution in [2.45, 2.75) is 38.3 Å². The van der Waals surface area contributed by atoms with Gasteiger partial charge in [-0.1, -0.05) is 11.6 Å². The molecular formula is C26H30ClN5O4. The molecule has 2 N–H and O–H groups in total. The Kier molecular flexibility index (Phi) is 6.77. The third-order valence-corrected chi connectivity index (χ3v) is 7.19. The zero-order valence-corrected chi connectivity index (χ0v) is 21.4. The van der Waals surface area contributed by atoms with Crippen molar-refractivity contribution in [2.75, 3.05) is 37.5 Å². The third-order valence-electron chi connectivity index (χ3n) is 6.89. The van der Waals surface area contributed by atoms with Gasteiger partial charge in [0.25, 0.3) is 11.5 Å². The Morgan fingerprint density at radius 1 is 1.33 bits per heavy atom. The van der Waals surface area contributed by atoms with E-state index in [1.807, 2.05) is 23.1 Å². The van der Waals surface area contributed by atoms with Crippen molar-refractivity contribution in [1.29, 1.82) is 0 Å². The molecule has 190 valence electrons. The Hall–Kier alpha value is -3.30. The highest BCUT2D eigenvalue weighted by Gasteiger charge is 2.30. The number of rotatable bonds is 5. The minimum absolute atomic E-state index is 0.0517. The first-order valence-electron chi connectivity index (χ1n) is 12.2. The van der Waals surface area contributed by atoms with E-state index >= 15 is 0 Å². The first-order chi connectivity index (χ1) is 17.4. The summed E-state index contributed by atoms with van der Waals surface area (Å²) < 4.78 is 12.7. The van der Waals surface area contributed by atoms with Gasteiger partial charge in [0, 0.05) is 50.4 Å². The zero-order valence-electron chi connectivity index (χ0n) is 20.6. The van der Waals surface area contributed by atoms with E-state index in [4.69, 9.17) is 21.1 Å². The van der Waals surface area contributed by atoms with E-state index in [1.165, 1.54) is 6.20 Å². The second kappa shape index (κ2) is 9.99. The molecule has 1 saturated heterocycles. The summed E-state index contributed by atoms with van der Waals surface area (Å²) >= 11 is 6.46. The van der Waals surface area contributed by atoms with Gasteiger partial charge in [-0.2, -0.15) is 0 Å². The number of hydrogen-bond acceptors (Lipinski definition) is 7. The lowest BCUT2D eigenvalue weighted by atomic mass is 10.1. The van der Waals surface area contributed by atoms with Crippen molar-refractivity contribution in [1.82, 2.24) is 14.5 Å². The van der Waals surface area contributed by atoms with Crippen LogP contribution in [0.1, 0.15) is 36.7 Å². The molecule has 1 amide bonds. The highest BCUT2D eigenvalue weighted by Crippen LogP contribution is 2.35. The summed E-state index contributed by atoms with van der Waals surface area (Å²) in [6.07, 6.45) is 4.15. The number of likely N-dealkylation sites (tertiary alicyclic amines) is 1. The number of halogens is 1. The summed E-state index contributed by atoms with van der Waals surface area (Å²) in [6, 6.07) is 7.61. The van der Waals surface area contributed by atoms with Gasteiger partial charge in [0.15, 0.2) is 0 Å². The van der Waals surface area contributed by atoms with Gasteiger partial charge in [0.1, 0.15) is 5.69 Å². The largest absolute Gasteiger partial charge is 0.486 e. The highest BCUT2D eigenvalue weighted by molar-refractivity contribution is 6.33. The maximum Gasteiger partial charge on any atom is 0.295 e. The number of pyridine rings is 2. The number of aryl methyl sites for hydroxylation is 1. The first-order valence-corrected chi connectivity index (χ1v) is 12.5. The van der Waals surface area contributed by atoms with Gasteiger partial charge in [-0.3, -0.25) is 9.59 Å². The second-order valence-electron chi connectivity index (χ2n) is 9.41. The molecule has 9 nitrogen and oxygen atoms in total. The maximum atomic E-state index is 13.2. The van der Waals surface area contributed by atoms with Crippen LogP contribution in [-0.2, 0) is 11.8 Å². The number of nitrogens with zero attached hydrogens (tertiary/aromatic N) is 3. The molecule has 0 saturated carbocycles. The summed E-state index contributed by atoms with van der Waals surface area (Å²) in [5.74, 6) is 0.195. The quantitative estimate of drug-likeness (QED) is 0.530. The SMILES string of the molecule is COCC1CCCN1C(=O)c1cc(Nc2ccc3c(c2)c2c(c(=O)n3C)OCCC(C)N2)c(Cl)cn1. The summed E-state index contributed by atoms with van der Waals surface area (Å²) in [7, 11) is 3.38. The Morgan fingerprint density at radius 2 is 2.17 bits per heavy atom. The monoisotopic (exact) mass is 511 g/mol. The van der Waals surface area contributed by atoms with Gasteiger partial charge >= 0.3 is 0 Å². The molecule has 0 spiro atoms. The average molecular weight is 512 g/mol. The molecule has 36 heavy (non-hydrogen) atoms. The van der Waals surface area contributed by atoms with Crippen LogP contribution in [0.3, 0.4) is 0 Å². The molecule has 5 rings (SSSR count). The molecule has 2 aliphatic rings. The fraction of sp³-hybridized carbons (Fsp3) is 0.423. The van der Waals surface area contributed by atoms with Crippen LogP contribution in [0.25, 0.3) is 10.9 Å². The molecule has 2 atom stereocenters. The van der Waals surface area contributed by atoms with E-state index in [1.54, 1.807) is 24.8 Å². The van der Waals surface area contributed by atoms with Crippen molar-refractivity contribution < 1.29 is 14.3 Å². The van der Waals surface area contributed by atoms with E-state index in [0.29, 0.717) is 47.6 Å². The van der Waals surface area contributed by atoms with Crippen LogP contribution in [0.15, 0.2) is 35.3 Å².